The summed E-state index contributed by atoms with van der Waals surface area (Å²) in [4.78, 5) is 21.2. The maximum atomic E-state index is 13.2. The lowest BCUT2D eigenvalue weighted by molar-refractivity contribution is -0.137. The van der Waals surface area contributed by atoms with E-state index >= 15 is 0 Å². The highest BCUT2D eigenvalue weighted by Gasteiger charge is 2.32. The van der Waals surface area contributed by atoms with Gasteiger partial charge in [-0.2, -0.15) is 13.2 Å². The Kier molecular flexibility index (Phi) is 5.69. The predicted octanol–water partition coefficient (Wildman–Crippen LogP) is 3.86. The Morgan fingerprint density at radius 1 is 1.07 bits per heavy atom. The van der Waals surface area contributed by atoms with Crippen LogP contribution in [-0.2, 0) is 6.18 Å². The van der Waals surface area contributed by atoms with E-state index in [1.807, 2.05) is 19.0 Å². The molecule has 0 aromatic heterocycles. The summed E-state index contributed by atoms with van der Waals surface area (Å²) in [5.41, 5.74) is -0.298. The third kappa shape index (κ3) is 4.69. The second-order valence-corrected chi connectivity index (χ2v) is 6.74. The monoisotopic (exact) mass is 390 g/mol. The summed E-state index contributed by atoms with van der Waals surface area (Å²) in [6.07, 6.45) is -4.55. The van der Waals surface area contributed by atoms with Crippen LogP contribution >= 0.6 is 0 Å². The molecule has 3 rings (SSSR count). The Morgan fingerprint density at radius 3 is 2.46 bits per heavy atom. The number of hydrogen-bond acceptors (Lipinski definition) is 3. The van der Waals surface area contributed by atoms with Crippen LogP contribution in [0.2, 0.25) is 0 Å². The van der Waals surface area contributed by atoms with E-state index in [1.165, 1.54) is 6.07 Å². The van der Waals surface area contributed by atoms with Crippen molar-refractivity contribution in [2.75, 3.05) is 39.0 Å². The summed E-state index contributed by atoms with van der Waals surface area (Å²) in [6, 6.07) is 11.6. The van der Waals surface area contributed by atoms with E-state index in [2.05, 4.69) is 15.2 Å². The minimum atomic E-state index is -4.55. The van der Waals surface area contributed by atoms with Gasteiger partial charge in [-0.25, -0.2) is 4.99 Å². The standard InChI is InChI=1S/C20H21F3N4O/c1-26-10-11-27(2)18(13-26)25-17-9-8-14(20(21,22)23)12-16(17)19(28)24-15-6-4-3-5-7-15/h3-9,12H,10-11,13H2,1-2H3,(H,24,28). The van der Waals surface area contributed by atoms with Crippen molar-refractivity contribution in [1.82, 2.24) is 9.80 Å². The van der Waals surface area contributed by atoms with Gasteiger partial charge >= 0.3 is 6.18 Å². The van der Waals surface area contributed by atoms with Crippen molar-refractivity contribution in [2.45, 2.75) is 6.18 Å². The topological polar surface area (TPSA) is 47.9 Å². The molecule has 0 aliphatic carbocycles. The SMILES string of the molecule is CN1CCN(C)C(=Nc2ccc(C(F)(F)F)cc2C(=O)Nc2ccccc2)C1. The molecule has 0 atom stereocenters. The predicted molar refractivity (Wildman–Crippen MR) is 103 cm³/mol. The van der Waals surface area contributed by atoms with Gasteiger partial charge in [-0.1, -0.05) is 18.2 Å². The van der Waals surface area contributed by atoms with Gasteiger partial charge in [0.2, 0.25) is 0 Å². The Bertz CT molecular complexity index is 881. The van der Waals surface area contributed by atoms with E-state index in [4.69, 9.17) is 0 Å². The Morgan fingerprint density at radius 2 is 1.79 bits per heavy atom. The van der Waals surface area contributed by atoms with Crippen LogP contribution in [0.5, 0.6) is 0 Å². The fourth-order valence-electron chi connectivity index (χ4n) is 2.86. The van der Waals surface area contributed by atoms with E-state index in [-0.39, 0.29) is 11.3 Å². The molecule has 1 N–H and O–H groups in total. The zero-order valence-electron chi connectivity index (χ0n) is 15.6. The molecule has 0 radical (unpaired) electrons. The first kappa shape index (κ1) is 19.9. The summed E-state index contributed by atoms with van der Waals surface area (Å²) >= 11 is 0. The Hall–Kier alpha value is -2.87. The summed E-state index contributed by atoms with van der Waals surface area (Å²) < 4.78 is 39.5. The Labute approximate surface area is 161 Å². The average molecular weight is 390 g/mol. The van der Waals surface area contributed by atoms with Crippen LogP contribution < -0.4 is 5.32 Å². The molecule has 0 saturated carbocycles. The molecule has 148 valence electrons. The first-order chi connectivity index (χ1) is 13.2. The summed E-state index contributed by atoms with van der Waals surface area (Å²) in [5, 5.41) is 2.63. The highest BCUT2D eigenvalue weighted by atomic mass is 19.4. The number of nitrogens with one attached hydrogen (secondary N) is 1. The van der Waals surface area contributed by atoms with Gasteiger partial charge in [0.05, 0.1) is 23.4 Å². The van der Waals surface area contributed by atoms with Crippen LogP contribution in [0.15, 0.2) is 53.5 Å². The Balaban J connectivity index is 2.00. The van der Waals surface area contributed by atoms with Gasteiger partial charge in [-0.05, 0) is 37.4 Å². The number of anilines is 1. The zero-order chi connectivity index (χ0) is 20.3. The van der Waals surface area contributed by atoms with Crippen molar-refractivity contribution in [3.63, 3.8) is 0 Å². The quantitative estimate of drug-likeness (QED) is 0.866. The van der Waals surface area contributed by atoms with Gasteiger partial charge in [0.25, 0.3) is 5.91 Å². The van der Waals surface area contributed by atoms with Crippen LogP contribution in [0.4, 0.5) is 24.5 Å². The van der Waals surface area contributed by atoms with E-state index in [9.17, 15) is 18.0 Å². The third-order valence-corrected chi connectivity index (χ3v) is 4.52. The second kappa shape index (κ2) is 8.02. The zero-order valence-corrected chi connectivity index (χ0v) is 15.6. The summed E-state index contributed by atoms with van der Waals surface area (Å²) in [7, 11) is 3.82. The molecule has 1 amide bonds. The lowest BCUT2D eigenvalue weighted by Crippen LogP contribution is -2.46. The number of amides is 1. The molecule has 5 nitrogen and oxygen atoms in total. The number of amidine groups is 1. The number of carbonyl (C=O) groups is 1. The number of likely N-dealkylation sites (N-methyl/N-ethyl adjacent to an activating group) is 2. The number of alkyl halides is 3. The van der Waals surface area contributed by atoms with E-state index in [0.29, 0.717) is 18.1 Å². The van der Waals surface area contributed by atoms with Crippen molar-refractivity contribution >= 4 is 23.1 Å². The molecule has 28 heavy (non-hydrogen) atoms. The van der Waals surface area contributed by atoms with E-state index in [0.717, 1.165) is 25.2 Å². The first-order valence-corrected chi connectivity index (χ1v) is 8.79. The minimum absolute atomic E-state index is 0.118. The highest BCUT2D eigenvalue weighted by Crippen LogP contribution is 2.33. The van der Waals surface area contributed by atoms with Crippen molar-refractivity contribution in [1.29, 1.82) is 0 Å². The molecular formula is C20H21F3N4O. The molecule has 1 aliphatic rings. The van der Waals surface area contributed by atoms with E-state index < -0.39 is 17.6 Å². The second-order valence-electron chi connectivity index (χ2n) is 6.74. The largest absolute Gasteiger partial charge is 0.416 e. The van der Waals surface area contributed by atoms with Crippen molar-refractivity contribution < 1.29 is 18.0 Å². The van der Waals surface area contributed by atoms with Crippen LogP contribution in [0.25, 0.3) is 0 Å². The van der Waals surface area contributed by atoms with Gasteiger partial charge in [0.15, 0.2) is 0 Å². The van der Waals surface area contributed by atoms with E-state index in [1.54, 1.807) is 30.3 Å². The highest BCUT2D eigenvalue weighted by molar-refractivity contribution is 6.08. The maximum absolute atomic E-state index is 13.2. The molecule has 2 aromatic carbocycles. The van der Waals surface area contributed by atoms with Crippen LogP contribution in [0, 0.1) is 0 Å². The van der Waals surface area contributed by atoms with Gasteiger partial charge in [-0.15, -0.1) is 0 Å². The molecular weight excluding hydrogens is 369 g/mol. The smallest absolute Gasteiger partial charge is 0.361 e. The van der Waals surface area contributed by atoms with Gasteiger partial charge < -0.3 is 10.2 Å². The molecule has 1 aliphatic heterocycles. The first-order valence-electron chi connectivity index (χ1n) is 8.79. The van der Waals surface area contributed by atoms with Crippen LogP contribution in [0.1, 0.15) is 15.9 Å². The lowest BCUT2D eigenvalue weighted by Gasteiger charge is -2.32. The number of benzene rings is 2. The molecule has 1 fully saturated rings. The molecule has 2 aromatic rings. The van der Waals surface area contributed by atoms with Crippen LogP contribution in [-0.4, -0.2) is 55.3 Å². The molecule has 1 heterocycles. The maximum Gasteiger partial charge on any atom is 0.416 e. The number of piperazine rings is 1. The number of hydrogen-bond donors (Lipinski definition) is 1. The average Bonchev–Trinajstić information content (AvgIpc) is 2.65. The number of carbonyl (C=O) groups excluding carboxylic acids is 1. The number of aliphatic imine (C=N–C) groups is 1. The van der Waals surface area contributed by atoms with Gasteiger partial charge in [0.1, 0.15) is 5.84 Å². The normalized spacial score (nSPS) is 17.0. The summed E-state index contributed by atoms with van der Waals surface area (Å²) in [6.45, 7) is 2.17. The van der Waals surface area contributed by atoms with Crippen molar-refractivity contribution in [2.24, 2.45) is 4.99 Å². The molecule has 0 spiro atoms. The molecule has 8 heteroatoms. The fourth-order valence-corrected chi connectivity index (χ4v) is 2.86. The minimum Gasteiger partial charge on any atom is -0.361 e. The number of para-hydroxylation sites is 1. The molecule has 0 unspecified atom stereocenters. The molecule has 0 bridgehead atoms. The number of nitrogens with zero attached hydrogens (tertiary/aromatic N) is 3. The molecule has 1 saturated heterocycles. The number of rotatable bonds is 3. The van der Waals surface area contributed by atoms with Crippen LogP contribution in [0.3, 0.4) is 0 Å². The van der Waals surface area contributed by atoms with Crippen molar-refractivity contribution in [3.8, 4) is 0 Å². The fraction of sp³-hybridized carbons (Fsp3) is 0.300. The van der Waals surface area contributed by atoms with Gasteiger partial charge in [-0.3, -0.25) is 9.69 Å². The summed E-state index contributed by atoms with van der Waals surface area (Å²) in [5.74, 6) is 0.0609. The van der Waals surface area contributed by atoms with Gasteiger partial charge in [0, 0.05) is 25.8 Å². The van der Waals surface area contributed by atoms with Crippen molar-refractivity contribution in [3.05, 3.63) is 59.7 Å². The third-order valence-electron chi connectivity index (χ3n) is 4.52. The number of halogens is 3. The lowest BCUT2D eigenvalue weighted by atomic mass is 10.1.